The molecule has 0 unspecified atom stereocenters. The van der Waals surface area contributed by atoms with E-state index in [0.29, 0.717) is 17.9 Å². The Hall–Kier alpha value is -1.35. The summed E-state index contributed by atoms with van der Waals surface area (Å²) in [6, 6.07) is 7.10. The number of hydrogen-bond donors (Lipinski definition) is 2. The third-order valence-electron chi connectivity index (χ3n) is 4.31. The summed E-state index contributed by atoms with van der Waals surface area (Å²) in [6.45, 7) is 4.34. The van der Waals surface area contributed by atoms with Crippen LogP contribution in [-0.2, 0) is 0 Å². The first-order valence-corrected chi connectivity index (χ1v) is 7.38. The zero-order valence-corrected chi connectivity index (χ0v) is 11.8. The fourth-order valence-electron chi connectivity index (χ4n) is 3.03. The number of nitrogens with zero attached hydrogens (tertiary/aromatic N) is 1. The van der Waals surface area contributed by atoms with Gasteiger partial charge in [0.1, 0.15) is 5.82 Å². The van der Waals surface area contributed by atoms with Gasteiger partial charge in [0.15, 0.2) is 0 Å². The highest BCUT2D eigenvalue weighted by atomic mass is 14.9. The molecule has 1 aliphatic rings. The normalized spacial score (nSPS) is 24.2. The third kappa shape index (κ3) is 2.52. The molecule has 0 bridgehead atoms. The Balaban J connectivity index is 1.88. The van der Waals surface area contributed by atoms with Crippen LogP contribution >= 0.6 is 0 Å². The lowest BCUT2D eigenvalue weighted by Gasteiger charge is -2.26. The number of H-pyrrole nitrogens is 1. The van der Waals surface area contributed by atoms with E-state index in [2.05, 4.69) is 42.0 Å². The van der Waals surface area contributed by atoms with Crippen molar-refractivity contribution in [2.24, 2.45) is 5.73 Å². The molecule has 1 fully saturated rings. The van der Waals surface area contributed by atoms with Crippen LogP contribution in [-0.4, -0.2) is 16.0 Å². The van der Waals surface area contributed by atoms with Gasteiger partial charge in [-0.05, 0) is 49.3 Å². The number of aromatic nitrogens is 2. The molecule has 0 aliphatic heterocycles. The SMILES string of the molecule is CC(C)c1nc2ccc(C3CCC(N)CC3)cc2[nH]1. The monoisotopic (exact) mass is 257 g/mol. The van der Waals surface area contributed by atoms with E-state index < -0.39 is 0 Å². The van der Waals surface area contributed by atoms with E-state index in [-0.39, 0.29) is 0 Å². The number of aromatic amines is 1. The van der Waals surface area contributed by atoms with Gasteiger partial charge in [-0.3, -0.25) is 0 Å². The molecule has 1 aromatic carbocycles. The van der Waals surface area contributed by atoms with Crippen molar-refractivity contribution in [2.45, 2.75) is 57.4 Å². The summed E-state index contributed by atoms with van der Waals surface area (Å²) in [5.74, 6) is 2.20. The Morgan fingerprint density at radius 2 is 1.95 bits per heavy atom. The third-order valence-corrected chi connectivity index (χ3v) is 4.31. The average molecular weight is 257 g/mol. The lowest BCUT2D eigenvalue weighted by atomic mass is 9.82. The number of rotatable bonds is 2. The van der Waals surface area contributed by atoms with Gasteiger partial charge < -0.3 is 10.7 Å². The first-order chi connectivity index (χ1) is 9.13. The van der Waals surface area contributed by atoms with Crippen LogP contribution in [0.4, 0.5) is 0 Å². The zero-order valence-electron chi connectivity index (χ0n) is 11.8. The van der Waals surface area contributed by atoms with Gasteiger partial charge in [0.05, 0.1) is 11.0 Å². The van der Waals surface area contributed by atoms with Gasteiger partial charge in [0, 0.05) is 12.0 Å². The van der Waals surface area contributed by atoms with Crippen molar-refractivity contribution in [1.82, 2.24) is 9.97 Å². The smallest absolute Gasteiger partial charge is 0.109 e. The van der Waals surface area contributed by atoms with Crippen LogP contribution in [0.1, 0.15) is 62.8 Å². The molecular formula is C16H23N3. The highest BCUT2D eigenvalue weighted by Gasteiger charge is 2.20. The first kappa shape index (κ1) is 12.7. The maximum absolute atomic E-state index is 5.99. The quantitative estimate of drug-likeness (QED) is 0.862. The first-order valence-electron chi connectivity index (χ1n) is 7.38. The van der Waals surface area contributed by atoms with Crippen LogP contribution in [0.25, 0.3) is 11.0 Å². The van der Waals surface area contributed by atoms with E-state index in [4.69, 9.17) is 5.73 Å². The number of nitrogens with one attached hydrogen (secondary N) is 1. The average Bonchev–Trinajstić information content (AvgIpc) is 2.82. The van der Waals surface area contributed by atoms with Crippen molar-refractivity contribution in [2.75, 3.05) is 0 Å². The minimum Gasteiger partial charge on any atom is -0.342 e. The molecule has 3 N–H and O–H groups in total. The molecule has 2 aromatic rings. The van der Waals surface area contributed by atoms with E-state index in [0.717, 1.165) is 24.2 Å². The van der Waals surface area contributed by atoms with Crippen LogP contribution in [0.5, 0.6) is 0 Å². The van der Waals surface area contributed by atoms with Gasteiger partial charge in [-0.15, -0.1) is 0 Å². The molecule has 0 radical (unpaired) electrons. The molecule has 1 aromatic heterocycles. The van der Waals surface area contributed by atoms with Crippen molar-refractivity contribution < 1.29 is 0 Å². The summed E-state index contributed by atoms with van der Waals surface area (Å²) < 4.78 is 0. The second-order valence-electron chi connectivity index (χ2n) is 6.17. The molecule has 0 saturated heterocycles. The molecule has 1 heterocycles. The minimum absolute atomic E-state index is 0.416. The van der Waals surface area contributed by atoms with Gasteiger partial charge in [-0.2, -0.15) is 0 Å². The summed E-state index contributed by atoms with van der Waals surface area (Å²) in [5.41, 5.74) is 9.69. The lowest BCUT2D eigenvalue weighted by molar-refractivity contribution is 0.396. The fraction of sp³-hybridized carbons (Fsp3) is 0.562. The Morgan fingerprint density at radius 3 is 2.63 bits per heavy atom. The van der Waals surface area contributed by atoms with Crippen molar-refractivity contribution in [3.05, 3.63) is 29.6 Å². The number of benzene rings is 1. The van der Waals surface area contributed by atoms with Gasteiger partial charge in [0.25, 0.3) is 0 Å². The van der Waals surface area contributed by atoms with Crippen LogP contribution in [0.2, 0.25) is 0 Å². The van der Waals surface area contributed by atoms with Gasteiger partial charge in [-0.1, -0.05) is 19.9 Å². The van der Waals surface area contributed by atoms with Crippen LogP contribution < -0.4 is 5.73 Å². The predicted octanol–water partition coefficient (Wildman–Crippen LogP) is 3.67. The van der Waals surface area contributed by atoms with Gasteiger partial charge >= 0.3 is 0 Å². The Bertz CT molecular complexity index is 562. The van der Waals surface area contributed by atoms with E-state index in [1.807, 2.05) is 0 Å². The maximum atomic E-state index is 5.99. The van der Waals surface area contributed by atoms with Crippen LogP contribution in [0.15, 0.2) is 18.2 Å². The molecule has 3 rings (SSSR count). The fourth-order valence-corrected chi connectivity index (χ4v) is 3.03. The minimum atomic E-state index is 0.416. The summed E-state index contributed by atoms with van der Waals surface area (Å²) in [6.07, 6.45) is 4.75. The van der Waals surface area contributed by atoms with E-state index in [1.54, 1.807) is 0 Å². The van der Waals surface area contributed by atoms with Crippen LogP contribution in [0.3, 0.4) is 0 Å². The number of hydrogen-bond acceptors (Lipinski definition) is 2. The topological polar surface area (TPSA) is 54.7 Å². The second kappa shape index (κ2) is 4.97. The number of imidazole rings is 1. The predicted molar refractivity (Wildman–Crippen MR) is 79.4 cm³/mol. The van der Waals surface area contributed by atoms with E-state index in [9.17, 15) is 0 Å². The number of nitrogens with two attached hydrogens (primary N) is 1. The zero-order chi connectivity index (χ0) is 13.4. The van der Waals surface area contributed by atoms with Gasteiger partial charge in [-0.25, -0.2) is 4.98 Å². The Kier molecular flexibility index (Phi) is 3.31. The Morgan fingerprint density at radius 1 is 1.21 bits per heavy atom. The highest BCUT2D eigenvalue weighted by Crippen LogP contribution is 2.33. The molecule has 102 valence electrons. The molecular weight excluding hydrogens is 234 g/mol. The van der Waals surface area contributed by atoms with Crippen LogP contribution in [0, 0.1) is 0 Å². The summed E-state index contributed by atoms with van der Waals surface area (Å²) >= 11 is 0. The molecule has 1 saturated carbocycles. The van der Waals surface area contributed by atoms with Crippen molar-refractivity contribution in [3.63, 3.8) is 0 Å². The van der Waals surface area contributed by atoms with Crippen molar-refractivity contribution in [1.29, 1.82) is 0 Å². The maximum Gasteiger partial charge on any atom is 0.109 e. The van der Waals surface area contributed by atoms with E-state index in [1.165, 1.54) is 23.9 Å². The summed E-state index contributed by atoms with van der Waals surface area (Å²) in [7, 11) is 0. The standard InChI is InChI=1S/C16H23N3/c1-10(2)16-18-14-8-5-12(9-15(14)19-16)11-3-6-13(17)7-4-11/h5,8-11,13H,3-4,6-7,17H2,1-2H3,(H,18,19). The number of fused-ring (bicyclic) bond motifs is 1. The lowest BCUT2D eigenvalue weighted by Crippen LogP contribution is -2.25. The second-order valence-corrected chi connectivity index (χ2v) is 6.17. The molecule has 1 aliphatic carbocycles. The summed E-state index contributed by atoms with van der Waals surface area (Å²) in [4.78, 5) is 8.08. The largest absolute Gasteiger partial charge is 0.342 e. The van der Waals surface area contributed by atoms with Crippen molar-refractivity contribution >= 4 is 11.0 Å². The highest BCUT2D eigenvalue weighted by molar-refractivity contribution is 5.76. The van der Waals surface area contributed by atoms with Crippen molar-refractivity contribution in [3.8, 4) is 0 Å². The molecule has 0 spiro atoms. The summed E-state index contributed by atoms with van der Waals surface area (Å²) in [5, 5.41) is 0. The van der Waals surface area contributed by atoms with E-state index >= 15 is 0 Å². The molecule has 19 heavy (non-hydrogen) atoms. The molecule has 0 atom stereocenters. The van der Waals surface area contributed by atoms with Gasteiger partial charge in [0.2, 0.25) is 0 Å². The molecule has 3 heteroatoms. The molecule has 3 nitrogen and oxygen atoms in total. The molecule has 0 amide bonds. The Labute approximate surface area is 114 Å².